The molecule has 0 spiro atoms. The van der Waals surface area contributed by atoms with Gasteiger partial charge in [-0.2, -0.15) is 0 Å². The van der Waals surface area contributed by atoms with E-state index in [-0.39, 0.29) is 10.3 Å². The number of benzene rings is 1. The van der Waals surface area contributed by atoms with Crippen molar-refractivity contribution in [1.29, 1.82) is 0 Å². The Balaban J connectivity index is 2.16. The second-order valence-electron chi connectivity index (χ2n) is 4.71. The highest BCUT2D eigenvalue weighted by Gasteiger charge is 2.49. The maximum atomic E-state index is 13.6. The molecule has 0 amide bonds. The van der Waals surface area contributed by atoms with Crippen molar-refractivity contribution >= 4 is 21.9 Å². The van der Waals surface area contributed by atoms with Crippen LogP contribution >= 0.6 is 15.9 Å². The summed E-state index contributed by atoms with van der Waals surface area (Å²) >= 11 is 3.15. The number of rotatable bonds is 3. The van der Waals surface area contributed by atoms with Gasteiger partial charge < -0.3 is 5.11 Å². The van der Waals surface area contributed by atoms with E-state index in [2.05, 4.69) is 31.5 Å². The van der Waals surface area contributed by atoms with Crippen LogP contribution in [0.4, 0.5) is 4.39 Å². The van der Waals surface area contributed by atoms with Crippen molar-refractivity contribution in [3.8, 4) is 11.4 Å². The van der Waals surface area contributed by atoms with Gasteiger partial charge in [-0.25, -0.2) is 13.9 Å². The van der Waals surface area contributed by atoms with Crippen LogP contribution in [0.3, 0.4) is 0 Å². The van der Waals surface area contributed by atoms with Crippen molar-refractivity contribution in [3.63, 3.8) is 0 Å². The van der Waals surface area contributed by atoms with Crippen LogP contribution in [0.5, 0.6) is 0 Å². The third-order valence-electron chi connectivity index (χ3n) is 3.65. The lowest BCUT2D eigenvalue weighted by Gasteiger charge is -2.37. The Kier molecular flexibility index (Phi) is 3.04. The minimum Gasteiger partial charge on any atom is -0.479 e. The molecular weight excluding hydrogens is 331 g/mol. The highest BCUT2D eigenvalue weighted by molar-refractivity contribution is 9.10. The lowest BCUT2D eigenvalue weighted by atomic mass is 9.76. The van der Waals surface area contributed by atoms with Crippen molar-refractivity contribution in [1.82, 2.24) is 20.2 Å². The summed E-state index contributed by atoms with van der Waals surface area (Å²) in [5, 5.41) is 20.7. The molecule has 0 radical (unpaired) electrons. The number of carboxylic acids is 1. The van der Waals surface area contributed by atoms with E-state index in [0.29, 0.717) is 18.4 Å². The molecule has 1 aliphatic carbocycles. The standard InChI is InChI=1S/C12H10BrFN4O2/c13-9-7(3-1-4-8(9)14)10-15-16-17-18(10)12(11(19)20)5-2-6-12/h1,3-4H,2,5-6H2,(H,19,20). The maximum absolute atomic E-state index is 13.6. The van der Waals surface area contributed by atoms with Crippen molar-refractivity contribution in [2.75, 3.05) is 0 Å². The second-order valence-corrected chi connectivity index (χ2v) is 5.50. The molecule has 1 aliphatic rings. The Morgan fingerprint density at radius 2 is 2.20 bits per heavy atom. The largest absolute Gasteiger partial charge is 0.479 e. The molecule has 0 unspecified atom stereocenters. The SMILES string of the molecule is O=C(O)C1(n2nnnc2-c2cccc(F)c2Br)CCC1. The van der Waals surface area contributed by atoms with Gasteiger partial charge in [0.25, 0.3) is 0 Å². The topological polar surface area (TPSA) is 80.9 Å². The van der Waals surface area contributed by atoms with Gasteiger partial charge in [-0.05, 0) is 57.8 Å². The maximum Gasteiger partial charge on any atom is 0.331 e. The monoisotopic (exact) mass is 340 g/mol. The summed E-state index contributed by atoms with van der Waals surface area (Å²) in [5.41, 5.74) is -0.688. The van der Waals surface area contributed by atoms with Crippen LogP contribution in [-0.2, 0) is 10.3 Å². The highest BCUT2D eigenvalue weighted by Crippen LogP contribution is 2.41. The number of carboxylic acid groups (broad SMARTS) is 1. The van der Waals surface area contributed by atoms with Gasteiger partial charge in [-0.1, -0.05) is 6.07 Å². The Morgan fingerprint density at radius 1 is 1.45 bits per heavy atom. The molecule has 1 aromatic carbocycles. The molecule has 3 rings (SSSR count). The van der Waals surface area contributed by atoms with E-state index in [1.807, 2.05) is 0 Å². The quantitative estimate of drug-likeness (QED) is 0.926. The van der Waals surface area contributed by atoms with E-state index in [1.165, 1.54) is 16.8 Å². The first-order valence-electron chi connectivity index (χ1n) is 6.03. The first kappa shape index (κ1) is 13.2. The van der Waals surface area contributed by atoms with Crippen LogP contribution < -0.4 is 0 Å². The van der Waals surface area contributed by atoms with Crippen LogP contribution in [0.15, 0.2) is 22.7 Å². The fourth-order valence-corrected chi connectivity index (χ4v) is 2.79. The molecule has 0 bridgehead atoms. The molecule has 20 heavy (non-hydrogen) atoms. The number of halogens is 2. The van der Waals surface area contributed by atoms with Crippen LogP contribution in [0, 0.1) is 5.82 Å². The van der Waals surface area contributed by atoms with Gasteiger partial charge in [-0.15, -0.1) is 5.10 Å². The molecule has 1 saturated carbocycles. The first-order chi connectivity index (χ1) is 9.56. The van der Waals surface area contributed by atoms with Gasteiger partial charge in [0.05, 0.1) is 4.47 Å². The summed E-state index contributed by atoms with van der Waals surface area (Å²) in [4.78, 5) is 11.5. The summed E-state index contributed by atoms with van der Waals surface area (Å²) < 4.78 is 15.1. The number of nitrogens with zero attached hydrogens (tertiary/aromatic N) is 4. The van der Waals surface area contributed by atoms with Gasteiger partial charge in [0, 0.05) is 5.56 Å². The minimum atomic E-state index is -1.12. The molecule has 104 valence electrons. The summed E-state index contributed by atoms with van der Waals surface area (Å²) in [5.74, 6) is -1.17. The number of hydrogen-bond acceptors (Lipinski definition) is 4. The molecule has 1 heterocycles. The minimum absolute atomic E-state index is 0.218. The van der Waals surface area contributed by atoms with E-state index in [4.69, 9.17) is 0 Å². The fraction of sp³-hybridized carbons (Fsp3) is 0.333. The van der Waals surface area contributed by atoms with E-state index < -0.39 is 17.3 Å². The molecule has 6 nitrogen and oxygen atoms in total. The summed E-state index contributed by atoms with van der Waals surface area (Å²) in [6.45, 7) is 0. The molecule has 1 aromatic heterocycles. The number of aromatic nitrogens is 4. The van der Waals surface area contributed by atoms with E-state index in [9.17, 15) is 14.3 Å². The molecule has 2 aromatic rings. The van der Waals surface area contributed by atoms with Crippen molar-refractivity contribution < 1.29 is 14.3 Å². The number of aliphatic carboxylic acids is 1. The molecule has 0 atom stereocenters. The molecule has 8 heteroatoms. The number of hydrogen-bond donors (Lipinski definition) is 1. The lowest BCUT2D eigenvalue weighted by Crippen LogP contribution is -2.48. The zero-order valence-electron chi connectivity index (χ0n) is 10.3. The van der Waals surface area contributed by atoms with Gasteiger partial charge in [0.1, 0.15) is 5.82 Å². The Morgan fingerprint density at radius 3 is 2.80 bits per heavy atom. The molecule has 1 fully saturated rings. The number of carbonyl (C=O) groups is 1. The van der Waals surface area contributed by atoms with Crippen LogP contribution in [0.25, 0.3) is 11.4 Å². The summed E-state index contributed by atoms with van der Waals surface area (Å²) in [6, 6.07) is 4.48. The Bertz CT molecular complexity index is 684. The number of tetrazole rings is 1. The van der Waals surface area contributed by atoms with Crippen LogP contribution in [-0.4, -0.2) is 31.3 Å². The third kappa shape index (κ3) is 1.75. The Hall–Kier alpha value is -1.83. The van der Waals surface area contributed by atoms with E-state index in [1.54, 1.807) is 6.07 Å². The zero-order valence-corrected chi connectivity index (χ0v) is 11.8. The lowest BCUT2D eigenvalue weighted by molar-refractivity contribution is -0.153. The second kappa shape index (κ2) is 4.62. The summed E-state index contributed by atoms with van der Waals surface area (Å²) in [6.07, 6.45) is 1.73. The Labute approximate surface area is 121 Å². The van der Waals surface area contributed by atoms with Crippen molar-refractivity contribution in [2.24, 2.45) is 0 Å². The average Bonchev–Trinajstić information content (AvgIpc) is 2.80. The van der Waals surface area contributed by atoms with E-state index in [0.717, 1.165) is 6.42 Å². The third-order valence-corrected chi connectivity index (χ3v) is 4.45. The van der Waals surface area contributed by atoms with Gasteiger partial charge in [0.2, 0.25) is 0 Å². The first-order valence-corrected chi connectivity index (χ1v) is 6.82. The molecular formula is C12H10BrFN4O2. The van der Waals surface area contributed by atoms with Crippen molar-refractivity contribution in [3.05, 3.63) is 28.5 Å². The predicted octanol–water partition coefficient (Wildman–Crippen LogP) is 2.21. The van der Waals surface area contributed by atoms with Gasteiger partial charge in [-0.3, -0.25) is 0 Å². The van der Waals surface area contributed by atoms with Crippen molar-refractivity contribution in [2.45, 2.75) is 24.8 Å². The average molecular weight is 341 g/mol. The smallest absolute Gasteiger partial charge is 0.331 e. The normalized spacial score (nSPS) is 16.7. The highest BCUT2D eigenvalue weighted by atomic mass is 79.9. The van der Waals surface area contributed by atoms with E-state index >= 15 is 0 Å². The molecule has 0 aliphatic heterocycles. The van der Waals surface area contributed by atoms with Gasteiger partial charge in [0.15, 0.2) is 11.4 Å². The van der Waals surface area contributed by atoms with Gasteiger partial charge >= 0.3 is 5.97 Å². The molecule has 0 saturated heterocycles. The van der Waals surface area contributed by atoms with Crippen LogP contribution in [0.1, 0.15) is 19.3 Å². The molecule has 1 N–H and O–H groups in total. The predicted molar refractivity (Wildman–Crippen MR) is 70.4 cm³/mol. The summed E-state index contributed by atoms with van der Waals surface area (Å²) in [7, 11) is 0. The van der Waals surface area contributed by atoms with Crippen LogP contribution in [0.2, 0.25) is 0 Å². The fourth-order valence-electron chi connectivity index (χ4n) is 2.35. The zero-order chi connectivity index (χ0) is 14.3.